The number of halogens is 2. The molecule has 0 saturated carbocycles. The van der Waals surface area contributed by atoms with E-state index in [0.29, 0.717) is 12.1 Å². The lowest BCUT2D eigenvalue weighted by Crippen LogP contribution is -2.20. The highest BCUT2D eigenvalue weighted by Crippen LogP contribution is 2.22. The zero-order chi connectivity index (χ0) is 16.1. The fourth-order valence-corrected chi connectivity index (χ4v) is 2.31. The summed E-state index contributed by atoms with van der Waals surface area (Å²) in [5.41, 5.74) is 9.59. The maximum absolute atomic E-state index is 13.3. The molecule has 23 heavy (non-hydrogen) atoms. The molecule has 3 rings (SSSR count). The van der Waals surface area contributed by atoms with Gasteiger partial charge in [-0.2, -0.15) is 0 Å². The summed E-state index contributed by atoms with van der Waals surface area (Å²) in [5, 5.41) is 0. The zero-order valence-corrected chi connectivity index (χ0v) is 12.4. The fraction of sp³-hybridized carbons (Fsp3) is 0.0526. The van der Waals surface area contributed by atoms with Crippen LogP contribution in [-0.2, 0) is 6.54 Å². The monoisotopic (exact) mass is 310 g/mol. The molecule has 0 aliphatic carbocycles. The molecule has 0 unspecified atom stereocenters. The summed E-state index contributed by atoms with van der Waals surface area (Å²) in [6.45, 7) is 0.632. The minimum atomic E-state index is -0.571. The highest BCUT2D eigenvalue weighted by atomic mass is 19.1. The summed E-state index contributed by atoms with van der Waals surface area (Å²) >= 11 is 0. The number of benzene rings is 3. The Morgan fingerprint density at radius 2 is 1.35 bits per heavy atom. The highest BCUT2D eigenvalue weighted by molar-refractivity contribution is 5.63. The first kappa shape index (κ1) is 15.2. The van der Waals surface area contributed by atoms with Crippen LogP contribution in [0.2, 0.25) is 0 Å². The Balaban J connectivity index is 1.63. The second kappa shape index (κ2) is 7.03. The van der Waals surface area contributed by atoms with Gasteiger partial charge in [-0.1, -0.05) is 42.5 Å². The van der Waals surface area contributed by atoms with E-state index in [9.17, 15) is 8.78 Å². The van der Waals surface area contributed by atoms with Crippen molar-refractivity contribution in [2.75, 3.05) is 5.43 Å². The van der Waals surface area contributed by atoms with Crippen LogP contribution in [0.1, 0.15) is 5.56 Å². The predicted octanol–water partition coefficient (Wildman–Crippen LogP) is 4.75. The molecule has 116 valence electrons. The van der Waals surface area contributed by atoms with Crippen LogP contribution in [0.3, 0.4) is 0 Å². The van der Waals surface area contributed by atoms with Crippen molar-refractivity contribution in [3.8, 4) is 11.1 Å². The summed E-state index contributed by atoms with van der Waals surface area (Å²) in [6.07, 6.45) is 0. The Bertz CT molecular complexity index is 751. The van der Waals surface area contributed by atoms with E-state index in [1.54, 1.807) is 0 Å². The fourth-order valence-electron chi connectivity index (χ4n) is 2.31. The third kappa shape index (κ3) is 4.14. The number of hydrogen-bond acceptors (Lipinski definition) is 2. The van der Waals surface area contributed by atoms with Crippen molar-refractivity contribution < 1.29 is 8.78 Å². The van der Waals surface area contributed by atoms with Crippen molar-refractivity contribution in [1.82, 2.24) is 5.43 Å². The molecule has 0 aliphatic heterocycles. The van der Waals surface area contributed by atoms with E-state index < -0.39 is 11.6 Å². The quantitative estimate of drug-likeness (QED) is 0.665. The van der Waals surface area contributed by atoms with Gasteiger partial charge in [0.25, 0.3) is 0 Å². The molecular weight excluding hydrogens is 294 g/mol. The highest BCUT2D eigenvalue weighted by Gasteiger charge is 2.03. The van der Waals surface area contributed by atoms with Gasteiger partial charge in [0, 0.05) is 18.3 Å². The van der Waals surface area contributed by atoms with Crippen LogP contribution in [0.4, 0.5) is 14.5 Å². The lowest BCUT2D eigenvalue weighted by Gasteiger charge is -2.09. The van der Waals surface area contributed by atoms with Crippen LogP contribution in [0.5, 0.6) is 0 Å². The SMILES string of the molecule is Fc1cc(F)cc(-c2ccc(CNNc3ccccc3)cc2)c1. The normalized spacial score (nSPS) is 10.5. The van der Waals surface area contributed by atoms with Crippen molar-refractivity contribution in [2.24, 2.45) is 0 Å². The van der Waals surface area contributed by atoms with E-state index in [1.807, 2.05) is 54.6 Å². The van der Waals surface area contributed by atoms with Crippen LogP contribution < -0.4 is 10.9 Å². The summed E-state index contributed by atoms with van der Waals surface area (Å²) in [5.74, 6) is -1.14. The Kier molecular flexibility index (Phi) is 4.64. The van der Waals surface area contributed by atoms with E-state index in [2.05, 4.69) is 10.9 Å². The molecule has 4 heteroatoms. The Hall–Kier alpha value is -2.72. The Labute approximate surface area is 133 Å². The van der Waals surface area contributed by atoms with Crippen molar-refractivity contribution in [2.45, 2.75) is 6.54 Å². The molecule has 0 amide bonds. The molecule has 0 aromatic heterocycles. The molecule has 0 atom stereocenters. The van der Waals surface area contributed by atoms with Gasteiger partial charge < -0.3 is 5.43 Å². The first-order valence-corrected chi connectivity index (χ1v) is 7.30. The lowest BCUT2D eigenvalue weighted by atomic mass is 10.0. The van der Waals surface area contributed by atoms with Crippen LogP contribution >= 0.6 is 0 Å². The van der Waals surface area contributed by atoms with Crippen LogP contribution in [-0.4, -0.2) is 0 Å². The minimum absolute atomic E-state index is 0.532. The summed E-state index contributed by atoms with van der Waals surface area (Å²) in [6, 6.07) is 20.9. The van der Waals surface area contributed by atoms with Gasteiger partial charge in [0.2, 0.25) is 0 Å². The van der Waals surface area contributed by atoms with Gasteiger partial charge in [0.15, 0.2) is 0 Å². The maximum atomic E-state index is 13.3. The molecular formula is C19H16F2N2. The lowest BCUT2D eigenvalue weighted by molar-refractivity contribution is 0.584. The predicted molar refractivity (Wildman–Crippen MR) is 88.7 cm³/mol. The number of rotatable bonds is 5. The standard InChI is InChI=1S/C19H16F2N2/c20-17-10-16(11-18(21)12-17)15-8-6-14(7-9-15)13-22-23-19-4-2-1-3-5-19/h1-12,22-23H,13H2. The first-order chi connectivity index (χ1) is 11.2. The Morgan fingerprint density at radius 1 is 0.696 bits per heavy atom. The van der Waals surface area contributed by atoms with Gasteiger partial charge in [-0.05, 0) is 41.0 Å². The first-order valence-electron chi connectivity index (χ1n) is 7.30. The molecule has 0 saturated heterocycles. The van der Waals surface area contributed by atoms with E-state index in [-0.39, 0.29) is 0 Å². The van der Waals surface area contributed by atoms with Gasteiger partial charge in [0.05, 0.1) is 0 Å². The summed E-state index contributed by atoms with van der Waals surface area (Å²) in [4.78, 5) is 0. The van der Waals surface area contributed by atoms with Crippen molar-refractivity contribution >= 4 is 5.69 Å². The molecule has 0 spiro atoms. The molecule has 0 bridgehead atoms. The second-order valence-electron chi connectivity index (χ2n) is 5.20. The average Bonchev–Trinajstić information content (AvgIpc) is 2.56. The maximum Gasteiger partial charge on any atom is 0.126 e. The third-order valence-corrected chi connectivity index (χ3v) is 3.45. The number of anilines is 1. The topological polar surface area (TPSA) is 24.1 Å². The van der Waals surface area contributed by atoms with Gasteiger partial charge in [-0.15, -0.1) is 0 Å². The van der Waals surface area contributed by atoms with E-state index in [1.165, 1.54) is 12.1 Å². The van der Waals surface area contributed by atoms with Gasteiger partial charge in [-0.25, -0.2) is 14.2 Å². The number of nitrogens with one attached hydrogen (secondary N) is 2. The van der Waals surface area contributed by atoms with Crippen molar-refractivity contribution in [3.05, 3.63) is 90.0 Å². The van der Waals surface area contributed by atoms with Crippen LogP contribution in [0.15, 0.2) is 72.8 Å². The third-order valence-electron chi connectivity index (χ3n) is 3.45. The Morgan fingerprint density at radius 3 is 2.00 bits per heavy atom. The molecule has 0 aliphatic rings. The number of para-hydroxylation sites is 1. The van der Waals surface area contributed by atoms with Crippen LogP contribution in [0.25, 0.3) is 11.1 Å². The molecule has 0 radical (unpaired) electrons. The molecule has 2 N–H and O–H groups in total. The summed E-state index contributed by atoms with van der Waals surface area (Å²) < 4.78 is 26.5. The molecule has 3 aromatic rings. The number of hydrazine groups is 1. The average molecular weight is 310 g/mol. The van der Waals surface area contributed by atoms with Crippen molar-refractivity contribution in [1.29, 1.82) is 0 Å². The van der Waals surface area contributed by atoms with E-state index >= 15 is 0 Å². The summed E-state index contributed by atoms with van der Waals surface area (Å²) in [7, 11) is 0. The van der Waals surface area contributed by atoms with Gasteiger partial charge in [-0.3, -0.25) is 0 Å². The molecule has 0 fully saturated rings. The van der Waals surface area contributed by atoms with Gasteiger partial charge >= 0.3 is 0 Å². The second-order valence-corrected chi connectivity index (χ2v) is 5.20. The van der Waals surface area contributed by atoms with Gasteiger partial charge in [0.1, 0.15) is 11.6 Å². The van der Waals surface area contributed by atoms with E-state index in [4.69, 9.17) is 0 Å². The molecule has 2 nitrogen and oxygen atoms in total. The van der Waals surface area contributed by atoms with Crippen molar-refractivity contribution in [3.63, 3.8) is 0 Å². The largest absolute Gasteiger partial charge is 0.321 e. The minimum Gasteiger partial charge on any atom is -0.321 e. The smallest absolute Gasteiger partial charge is 0.126 e. The van der Waals surface area contributed by atoms with Crippen LogP contribution in [0, 0.1) is 11.6 Å². The molecule has 0 heterocycles. The zero-order valence-electron chi connectivity index (χ0n) is 12.4. The molecule has 3 aromatic carbocycles. The van der Waals surface area contributed by atoms with E-state index in [0.717, 1.165) is 22.9 Å². The number of hydrogen-bond donors (Lipinski definition) is 2.